The van der Waals surface area contributed by atoms with Gasteiger partial charge in [0, 0.05) is 36.6 Å². The predicted octanol–water partition coefficient (Wildman–Crippen LogP) is 4.10. The fraction of sp³-hybridized carbons (Fsp3) is 0.182. The average Bonchev–Trinajstić information content (AvgIpc) is 3.49. The van der Waals surface area contributed by atoms with E-state index in [0.29, 0.717) is 30.6 Å². The van der Waals surface area contributed by atoms with Crippen LogP contribution in [0.2, 0.25) is 0 Å². The van der Waals surface area contributed by atoms with E-state index in [9.17, 15) is 4.79 Å². The van der Waals surface area contributed by atoms with Crippen molar-refractivity contribution in [3.8, 4) is 16.4 Å². The van der Waals surface area contributed by atoms with E-state index in [1.165, 1.54) is 11.3 Å². The Hall–Kier alpha value is -3.92. The number of hydrogen-bond acceptors (Lipinski definition) is 9. The Morgan fingerprint density at radius 3 is 2.72 bits per heavy atom. The monoisotopic (exact) mass is 450 g/mol. The highest BCUT2D eigenvalue weighted by molar-refractivity contribution is 7.13. The van der Waals surface area contributed by atoms with Gasteiger partial charge in [-0.3, -0.25) is 4.79 Å². The quantitative estimate of drug-likeness (QED) is 0.327. The van der Waals surface area contributed by atoms with Gasteiger partial charge in [-0.2, -0.15) is 4.98 Å². The third-order valence-electron chi connectivity index (χ3n) is 4.42. The Kier molecular flexibility index (Phi) is 6.61. The zero-order valence-electron chi connectivity index (χ0n) is 17.6. The van der Waals surface area contributed by atoms with E-state index < -0.39 is 0 Å². The van der Waals surface area contributed by atoms with Gasteiger partial charge in [0.05, 0.1) is 12.0 Å². The molecule has 3 N–H and O–H groups in total. The minimum Gasteiger partial charge on any atom is -0.497 e. The summed E-state index contributed by atoms with van der Waals surface area (Å²) in [6, 6.07) is 14.9. The Morgan fingerprint density at radius 1 is 1.12 bits per heavy atom. The maximum absolute atomic E-state index is 12.3. The van der Waals surface area contributed by atoms with Crippen LogP contribution in [0, 0.1) is 6.92 Å². The van der Waals surface area contributed by atoms with Gasteiger partial charge < -0.3 is 25.2 Å². The van der Waals surface area contributed by atoms with Gasteiger partial charge in [0.1, 0.15) is 11.6 Å². The first-order valence-electron chi connectivity index (χ1n) is 9.90. The summed E-state index contributed by atoms with van der Waals surface area (Å²) in [6.45, 7) is 2.72. The summed E-state index contributed by atoms with van der Waals surface area (Å²) in [4.78, 5) is 22.1. The van der Waals surface area contributed by atoms with Crippen LogP contribution < -0.4 is 20.7 Å². The molecule has 0 bridgehead atoms. The lowest BCUT2D eigenvalue weighted by molar-refractivity contribution is 0.0946. The molecule has 0 radical (unpaired) electrons. The molecule has 3 aromatic heterocycles. The van der Waals surface area contributed by atoms with E-state index in [4.69, 9.17) is 9.26 Å². The van der Waals surface area contributed by atoms with Crippen molar-refractivity contribution in [1.29, 1.82) is 0 Å². The number of nitrogens with one attached hydrogen (secondary N) is 3. The van der Waals surface area contributed by atoms with Crippen molar-refractivity contribution in [3.05, 3.63) is 65.3 Å². The van der Waals surface area contributed by atoms with Crippen LogP contribution >= 0.6 is 11.3 Å². The molecule has 0 aliphatic carbocycles. The van der Waals surface area contributed by atoms with Crippen molar-refractivity contribution in [1.82, 2.24) is 20.4 Å². The number of benzene rings is 1. The highest BCUT2D eigenvalue weighted by atomic mass is 32.1. The van der Waals surface area contributed by atoms with E-state index >= 15 is 0 Å². The Balaban J connectivity index is 1.28. The van der Waals surface area contributed by atoms with Crippen molar-refractivity contribution in [2.45, 2.75) is 6.92 Å². The number of thiophene rings is 1. The number of ether oxygens (including phenoxy) is 1. The van der Waals surface area contributed by atoms with Crippen LogP contribution in [0.3, 0.4) is 0 Å². The fourth-order valence-corrected chi connectivity index (χ4v) is 3.57. The lowest BCUT2D eigenvalue weighted by atomic mass is 10.3. The number of methoxy groups -OCH3 is 1. The van der Waals surface area contributed by atoms with Crippen LogP contribution in [-0.2, 0) is 0 Å². The van der Waals surface area contributed by atoms with Crippen molar-refractivity contribution in [2.75, 3.05) is 30.8 Å². The molecule has 0 atom stereocenters. The largest absolute Gasteiger partial charge is 0.497 e. The molecule has 164 valence electrons. The van der Waals surface area contributed by atoms with E-state index in [1.807, 2.05) is 54.8 Å². The van der Waals surface area contributed by atoms with Gasteiger partial charge in [0.25, 0.3) is 5.91 Å². The number of carbonyl (C=O) groups is 1. The summed E-state index contributed by atoms with van der Waals surface area (Å²) in [7, 11) is 1.63. The molecule has 4 aromatic rings. The minimum absolute atomic E-state index is 0.242. The van der Waals surface area contributed by atoms with E-state index in [-0.39, 0.29) is 11.6 Å². The molecule has 10 heteroatoms. The van der Waals surface area contributed by atoms with Gasteiger partial charge in [-0.05, 0) is 42.6 Å². The number of rotatable bonds is 9. The SMILES string of the molecule is COc1ccc(Nc2cc(C)nc(NCCNC(=O)c3cc(-c4cccs4)on3)n2)cc1. The minimum atomic E-state index is -0.301. The number of aryl methyl sites for hydroxylation is 1. The van der Waals surface area contributed by atoms with Crippen molar-refractivity contribution >= 4 is 34.7 Å². The molecule has 0 saturated carbocycles. The molecule has 1 aromatic carbocycles. The zero-order chi connectivity index (χ0) is 22.3. The van der Waals surface area contributed by atoms with Gasteiger partial charge in [-0.1, -0.05) is 11.2 Å². The van der Waals surface area contributed by atoms with E-state index in [2.05, 4.69) is 31.1 Å². The van der Waals surface area contributed by atoms with Gasteiger partial charge in [0.15, 0.2) is 11.5 Å². The van der Waals surface area contributed by atoms with E-state index in [1.54, 1.807) is 13.2 Å². The van der Waals surface area contributed by atoms with E-state index in [0.717, 1.165) is 22.0 Å². The normalized spacial score (nSPS) is 10.6. The van der Waals surface area contributed by atoms with Crippen molar-refractivity contribution < 1.29 is 14.1 Å². The topological polar surface area (TPSA) is 114 Å². The Morgan fingerprint density at radius 2 is 1.97 bits per heavy atom. The second-order valence-electron chi connectivity index (χ2n) is 6.81. The van der Waals surface area contributed by atoms with Gasteiger partial charge in [-0.25, -0.2) is 4.98 Å². The van der Waals surface area contributed by atoms with Crippen LogP contribution in [0.1, 0.15) is 16.2 Å². The molecule has 0 aliphatic heterocycles. The van der Waals surface area contributed by atoms with Gasteiger partial charge >= 0.3 is 0 Å². The summed E-state index contributed by atoms with van der Waals surface area (Å²) in [5.41, 5.74) is 1.94. The first-order valence-corrected chi connectivity index (χ1v) is 10.8. The third kappa shape index (κ3) is 5.41. The molecular weight excluding hydrogens is 428 g/mol. The number of amides is 1. The molecular formula is C22H22N6O3S. The second kappa shape index (κ2) is 9.92. The van der Waals surface area contributed by atoms with Crippen LogP contribution in [-0.4, -0.2) is 41.2 Å². The number of nitrogens with zero attached hydrogens (tertiary/aromatic N) is 3. The maximum atomic E-state index is 12.3. The summed E-state index contributed by atoms with van der Waals surface area (Å²) in [5.74, 6) is 2.19. The molecule has 9 nitrogen and oxygen atoms in total. The Labute approximate surface area is 188 Å². The standard InChI is InChI=1S/C22H22N6O3S/c1-14-12-20(26-15-5-7-16(30-2)8-6-15)27-22(25-14)24-10-9-23-21(29)17-13-18(31-28-17)19-4-3-11-32-19/h3-8,11-13H,9-10H2,1-2H3,(H,23,29)(H2,24,25,26,27). The summed E-state index contributed by atoms with van der Waals surface area (Å²) in [6.07, 6.45) is 0. The van der Waals surface area contributed by atoms with Crippen LogP contribution in [0.25, 0.3) is 10.6 Å². The van der Waals surface area contributed by atoms with Crippen LogP contribution in [0.5, 0.6) is 5.75 Å². The van der Waals surface area contributed by atoms with Gasteiger partial charge in [0.2, 0.25) is 5.95 Å². The summed E-state index contributed by atoms with van der Waals surface area (Å²) in [5, 5.41) is 15.0. The number of anilines is 3. The number of aromatic nitrogens is 3. The highest BCUT2D eigenvalue weighted by Gasteiger charge is 2.13. The molecule has 0 aliphatic rings. The number of carbonyl (C=O) groups excluding carboxylic acids is 1. The lowest BCUT2D eigenvalue weighted by Gasteiger charge is -2.10. The zero-order valence-corrected chi connectivity index (χ0v) is 18.4. The Bertz CT molecular complexity index is 1170. The highest BCUT2D eigenvalue weighted by Crippen LogP contribution is 2.25. The van der Waals surface area contributed by atoms with Gasteiger partial charge in [-0.15, -0.1) is 11.3 Å². The molecule has 0 saturated heterocycles. The van der Waals surface area contributed by atoms with Crippen molar-refractivity contribution in [3.63, 3.8) is 0 Å². The second-order valence-corrected chi connectivity index (χ2v) is 7.76. The lowest BCUT2D eigenvalue weighted by Crippen LogP contribution is -2.29. The predicted molar refractivity (Wildman–Crippen MR) is 124 cm³/mol. The average molecular weight is 451 g/mol. The first kappa shape index (κ1) is 21.3. The summed E-state index contributed by atoms with van der Waals surface area (Å²) >= 11 is 1.52. The van der Waals surface area contributed by atoms with Crippen molar-refractivity contribution in [2.24, 2.45) is 0 Å². The molecule has 3 heterocycles. The maximum Gasteiger partial charge on any atom is 0.273 e. The number of hydrogen-bond donors (Lipinski definition) is 3. The first-order chi connectivity index (χ1) is 15.6. The molecule has 1 amide bonds. The molecule has 0 fully saturated rings. The van der Waals surface area contributed by atoms with Crippen LogP contribution in [0.15, 0.2) is 58.4 Å². The molecule has 32 heavy (non-hydrogen) atoms. The van der Waals surface area contributed by atoms with Crippen LogP contribution in [0.4, 0.5) is 17.5 Å². The smallest absolute Gasteiger partial charge is 0.273 e. The fourth-order valence-electron chi connectivity index (χ4n) is 2.89. The molecule has 0 unspecified atom stereocenters. The summed E-state index contributed by atoms with van der Waals surface area (Å²) < 4.78 is 10.4. The molecule has 0 spiro atoms. The third-order valence-corrected chi connectivity index (χ3v) is 5.30. The molecule has 4 rings (SSSR count).